The van der Waals surface area contributed by atoms with Gasteiger partial charge in [0.2, 0.25) is 16.9 Å². The zero-order valence-electron chi connectivity index (χ0n) is 26.2. The minimum absolute atomic E-state index is 0.106. The normalized spacial score (nSPS) is 12.2. The van der Waals surface area contributed by atoms with Crippen LogP contribution in [0.4, 0.5) is 5.82 Å². The van der Waals surface area contributed by atoms with Gasteiger partial charge in [0.1, 0.15) is 28.6 Å². The molecule has 0 aliphatic carbocycles. The van der Waals surface area contributed by atoms with E-state index in [4.69, 9.17) is 14.2 Å². The van der Waals surface area contributed by atoms with Crippen LogP contribution in [-0.4, -0.2) is 34.3 Å². The maximum absolute atomic E-state index is 13.2. The average molecular weight is 616 g/mol. The number of benzene rings is 2. The molecule has 2 aromatic carbocycles. The molecule has 0 fully saturated rings. The summed E-state index contributed by atoms with van der Waals surface area (Å²) in [5.41, 5.74) is 4.37. The van der Waals surface area contributed by atoms with Crippen LogP contribution < -0.4 is 19.5 Å². The summed E-state index contributed by atoms with van der Waals surface area (Å²) in [5.74, 6) is 1.80. The van der Waals surface area contributed by atoms with E-state index in [9.17, 15) is 9.00 Å². The highest BCUT2D eigenvalue weighted by Gasteiger charge is 2.23. The number of methoxy groups -OCH3 is 2. The number of carbonyl (C=O) groups excluding carboxylic acids is 1. The minimum Gasteiger partial charge on any atom is -0.497 e. The molecule has 10 nitrogen and oxygen atoms in total. The van der Waals surface area contributed by atoms with Crippen LogP contribution in [0.15, 0.2) is 75.3 Å². The molecule has 0 spiro atoms. The van der Waals surface area contributed by atoms with Crippen LogP contribution in [-0.2, 0) is 22.9 Å². The minimum atomic E-state index is -2.04. The molecule has 0 aliphatic heterocycles. The number of aromatic nitrogens is 2. The van der Waals surface area contributed by atoms with Gasteiger partial charge in [-0.3, -0.25) is 4.79 Å². The van der Waals surface area contributed by atoms with Crippen molar-refractivity contribution in [2.75, 3.05) is 19.5 Å². The summed E-state index contributed by atoms with van der Waals surface area (Å²) < 4.78 is 33.7. The third-order valence-electron chi connectivity index (χ3n) is 6.72. The Labute approximate surface area is 260 Å². The lowest BCUT2D eigenvalue weighted by Crippen LogP contribution is -2.15. The first-order valence-electron chi connectivity index (χ1n) is 14.0. The highest BCUT2D eigenvalue weighted by atomic mass is 32.2. The Morgan fingerprint density at radius 1 is 0.932 bits per heavy atom. The van der Waals surface area contributed by atoms with Gasteiger partial charge in [-0.05, 0) is 68.3 Å². The molecule has 4 rings (SSSR count). The highest BCUT2D eigenvalue weighted by molar-refractivity contribution is 7.83. The van der Waals surface area contributed by atoms with Gasteiger partial charge in [-0.1, -0.05) is 54.2 Å². The van der Waals surface area contributed by atoms with Crippen molar-refractivity contribution >= 4 is 22.7 Å². The molecule has 1 N–H and O–H groups in total. The summed E-state index contributed by atoms with van der Waals surface area (Å²) in [6.07, 6.45) is 0. The predicted octanol–water partition coefficient (Wildman–Crippen LogP) is 7.44. The number of amides is 1. The SMILES string of the molecule is COc1ccc(CNc2cccc(S(=O)N=NC(=O)c3ccc(C(C)(C)C)nc3Oc3c(C)cc(C)cc3C)n2)c(OC)c1. The lowest BCUT2D eigenvalue weighted by atomic mass is 9.91. The van der Waals surface area contributed by atoms with Crippen molar-refractivity contribution in [2.45, 2.75) is 58.5 Å². The van der Waals surface area contributed by atoms with Crippen LogP contribution in [0.5, 0.6) is 23.1 Å². The fourth-order valence-electron chi connectivity index (χ4n) is 4.49. The first kappa shape index (κ1) is 32.3. The van der Waals surface area contributed by atoms with Crippen LogP contribution in [0, 0.1) is 20.8 Å². The van der Waals surface area contributed by atoms with Gasteiger partial charge in [-0.2, -0.15) is 0 Å². The van der Waals surface area contributed by atoms with Gasteiger partial charge in [-0.15, -0.1) is 0 Å². The molecule has 2 heterocycles. The second kappa shape index (κ2) is 13.8. The van der Waals surface area contributed by atoms with E-state index in [1.54, 1.807) is 50.6 Å². The maximum Gasteiger partial charge on any atom is 0.301 e. The number of ether oxygens (including phenoxy) is 3. The summed E-state index contributed by atoms with van der Waals surface area (Å²) in [7, 11) is 1.14. The molecule has 11 heteroatoms. The number of aryl methyl sites for hydroxylation is 3. The van der Waals surface area contributed by atoms with Gasteiger partial charge in [0.15, 0.2) is 5.03 Å². The number of anilines is 1. The van der Waals surface area contributed by atoms with Gasteiger partial charge in [-0.25, -0.2) is 14.2 Å². The fraction of sp³-hybridized carbons (Fsp3) is 0.303. The number of nitrogens with zero attached hydrogens (tertiary/aromatic N) is 4. The summed E-state index contributed by atoms with van der Waals surface area (Å²) in [5, 5.41) is 7.09. The van der Waals surface area contributed by atoms with Crippen molar-refractivity contribution in [2.24, 2.45) is 9.63 Å². The maximum atomic E-state index is 13.2. The van der Waals surface area contributed by atoms with Crippen LogP contribution in [0.1, 0.15) is 59.1 Å². The molecule has 1 atom stereocenters. The van der Waals surface area contributed by atoms with Crippen molar-refractivity contribution < 1.29 is 23.2 Å². The lowest BCUT2D eigenvalue weighted by molar-refractivity contribution is 0.0992. The Morgan fingerprint density at radius 2 is 1.66 bits per heavy atom. The monoisotopic (exact) mass is 615 g/mol. The highest BCUT2D eigenvalue weighted by Crippen LogP contribution is 2.33. The molecule has 1 unspecified atom stereocenters. The Balaban J connectivity index is 1.54. The molecule has 230 valence electrons. The standard InChI is InChI=1S/C33H37N5O5S/c1-20-16-21(2)30(22(3)17-20)43-32-25(14-15-27(35-32)33(4,5)6)31(39)37-38-44(40)29-11-9-10-28(36-29)34-19-23-12-13-24(41-7)18-26(23)42-8/h9-18H,19H2,1-8H3,(H,34,36). The van der Waals surface area contributed by atoms with E-state index in [0.29, 0.717) is 29.6 Å². The van der Waals surface area contributed by atoms with Gasteiger partial charge in [0.05, 0.1) is 14.2 Å². The number of hydrogen-bond acceptors (Lipinski definition) is 8. The molecule has 0 bridgehead atoms. The molecule has 0 aliphatic rings. The molecular weight excluding hydrogens is 578 g/mol. The van der Waals surface area contributed by atoms with E-state index >= 15 is 0 Å². The molecule has 0 saturated heterocycles. The Kier molecular flexibility index (Phi) is 10.1. The third-order valence-corrected chi connectivity index (χ3v) is 7.54. The van der Waals surface area contributed by atoms with E-state index in [2.05, 4.69) is 24.9 Å². The van der Waals surface area contributed by atoms with Crippen LogP contribution in [0.25, 0.3) is 0 Å². The number of rotatable bonds is 10. The van der Waals surface area contributed by atoms with Crippen molar-refractivity contribution in [3.63, 3.8) is 0 Å². The predicted molar refractivity (Wildman–Crippen MR) is 170 cm³/mol. The molecule has 1 amide bonds. The largest absolute Gasteiger partial charge is 0.497 e. The summed E-state index contributed by atoms with van der Waals surface area (Å²) in [6.45, 7) is 12.4. The van der Waals surface area contributed by atoms with E-state index in [1.807, 2.05) is 65.8 Å². The summed E-state index contributed by atoms with van der Waals surface area (Å²) in [6, 6.07) is 17.9. The molecule has 0 radical (unpaired) electrons. The average Bonchev–Trinajstić information content (AvgIpc) is 2.99. The van der Waals surface area contributed by atoms with Gasteiger partial charge in [0, 0.05) is 29.3 Å². The van der Waals surface area contributed by atoms with Crippen LogP contribution in [0.3, 0.4) is 0 Å². The fourth-order valence-corrected chi connectivity index (χ4v) is 5.09. The van der Waals surface area contributed by atoms with E-state index in [0.717, 1.165) is 27.9 Å². The zero-order valence-corrected chi connectivity index (χ0v) is 27.0. The quantitative estimate of drug-likeness (QED) is 0.183. The zero-order chi connectivity index (χ0) is 32.0. The molecule has 2 aromatic heterocycles. The third kappa shape index (κ3) is 7.84. The molecule has 44 heavy (non-hydrogen) atoms. The van der Waals surface area contributed by atoms with E-state index < -0.39 is 16.9 Å². The molecular formula is C33H37N5O5S. The van der Waals surface area contributed by atoms with Crippen molar-refractivity contribution in [1.29, 1.82) is 0 Å². The smallest absolute Gasteiger partial charge is 0.301 e. The van der Waals surface area contributed by atoms with Crippen molar-refractivity contribution in [3.8, 4) is 23.1 Å². The van der Waals surface area contributed by atoms with E-state index in [-0.39, 0.29) is 21.9 Å². The number of carbonyl (C=O) groups is 1. The first-order valence-corrected chi connectivity index (χ1v) is 15.1. The van der Waals surface area contributed by atoms with E-state index in [1.165, 1.54) is 0 Å². The Morgan fingerprint density at radius 3 is 2.32 bits per heavy atom. The van der Waals surface area contributed by atoms with Crippen LogP contribution >= 0.6 is 0 Å². The lowest BCUT2D eigenvalue weighted by Gasteiger charge is -2.20. The second-order valence-electron chi connectivity index (χ2n) is 11.3. The number of nitrogens with one attached hydrogen (secondary N) is 1. The number of pyridine rings is 2. The summed E-state index contributed by atoms with van der Waals surface area (Å²) in [4.78, 5) is 22.3. The topological polar surface area (TPSA) is 124 Å². The Bertz CT molecular complexity index is 1710. The van der Waals surface area contributed by atoms with Gasteiger partial charge >= 0.3 is 5.91 Å². The first-order chi connectivity index (χ1) is 20.9. The van der Waals surface area contributed by atoms with Gasteiger partial charge in [0.25, 0.3) is 0 Å². The summed E-state index contributed by atoms with van der Waals surface area (Å²) >= 11 is 0. The van der Waals surface area contributed by atoms with Crippen molar-refractivity contribution in [1.82, 2.24) is 9.97 Å². The molecule has 0 saturated carbocycles. The molecule has 4 aromatic rings. The Hall–Kier alpha value is -4.64. The second-order valence-corrected chi connectivity index (χ2v) is 12.3. The van der Waals surface area contributed by atoms with Crippen LogP contribution in [0.2, 0.25) is 0 Å². The van der Waals surface area contributed by atoms with Gasteiger partial charge < -0.3 is 19.5 Å². The number of hydrogen-bond donors (Lipinski definition) is 1. The van der Waals surface area contributed by atoms with Crippen molar-refractivity contribution in [3.05, 3.63) is 94.2 Å².